The molecule has 1 rings (SSSR count). The summed E-state index contributed by atoms with van der Waals surface area (Å²) in [6.45, 7) is 5.37. The second-order valence-corrected chi connectivity index (χ2v) is 8.11. The largest absolute Gasteiger partial charge is 0.477 e. The summed E-state index contributed by atoms with van der Waals surface area (Å²) in [5, 5.41) is 36.3. The van der Waals surface area contributed by atoms with Crippen LogP contribution in [0.4, 0.5) is 0 Å². The first kappa shape index (κ1) is 28.8. The van der Waals surface area contributed by atoms with E-state index in [0.717, 1.165) is 11.6 Å². The lowest BCUT2D eigenvalue weighted by molar-refractivity contribution is -0.135. The molecular weight excluding hydrogens is 440 g/mol. The maximum Gasteiger partial charge on any atom is 0.352 e. The highest BCUT2D eigenvalue weighted by Crippen LogP contribution is 2.09. The summed E-state index contributed by atoms with van der Waals surface area (Å²) >= 11 is 0. The van der Waals surface area contributed by atoms with Crippen LogP contribution in [0.25, 0.3) is 0 Å². The number of aliphatic hydroxyl groups excluding tert-OH is 2. The highest BCUT2D eigenvalue weighted by atomic mass is 16.4. The molecule has 0 bridgehead atoms. The Morgan fingerprint density at radius 3 is 2.26 bits per heavy atom. The SMILES string of the molecule is CC#CC(O)N[C@@H](CC(C)C)C(=O)N[C@@H](Cc1ccccc1)C(=O)N/C(=C/CC(N)O)C(=O)O. The highest BCUT2D eigenvalue weighted by Gasteiger charge is 2.28. The van der Waals surface area contributed by atoms with Crippen LogP contribution in [0.15, 0.2) is 42.1 Å². The van der Waals surface area contributed by atoms with Gasteiger partial charge in [0.05, 0.1) is 6.04 Å². The van der Waals surface area contributed by atoms with Gasteiger partial charge >= 0.3 is 5.97 Å². The fraction of sp³-hybridized carbons (Fsp3) is 0.458. The number of carbonyl (C=O) groups excluding carboxylic acids is 2. The van der Waals surface area contributed by atoms with Crippen LogP contribution in [-0.2, 0) is 20.8 Å². The molecule has 0 spiro atoms. The summed E-state index contributed by atoms with van der Waals surface area (Å²) in [6.07, 6.45) is -1.15. The Bertz CT molecular complexity index is 905. The number of rotatable bonds is 13. The normalized spacial score (nSPS) is 14.9. The first-order valence-electron chi connectivity index (χ1n) is 10.9. The van der Waals surface area contributed by atoms with Gasteiger partial charge in [-0.15, -0.1) is 5.92 Å². The minimum absolute atomic E-state index is 0.0932. The molecule has 2 amide bonds. The minimum atomic E-state index is -1.42. The molecule has 4 atom stereocenters. The van der Waals surface area contributed by atoms with Crippen molar-refractivity contribution in [3.8, 4) is 11.8 Å². The summed E-state index contributed by atoms with van der Waals surface area (Å²) in [5.74, 6) is 2.45. The van der Waals surface area contributed by atoms with E-state index in [9.17, 15) is 29.7 Å². The lowest BCUT2D eigenvalue weighted by atomic mass is 10.0. The molecule has 0 radical (unpaired) electrons. The molecule has 0 aromatic heterocycles. The molecule has 1 aromatic carbocycles. The Labute approximate surface area is 199 Å². The van der Waals surface area contributed by atoms with Gasteiger partial charge < -0.3 is 31.7 Å². The van der Waals surface area contributed by atoms with Crippen LogP contribution in [0, 0.1) is 17.8 Å². The number of carboxylic acids is 1. The summed E-state index contributed by atoms with van der Waals surface area (Å²) in [5.41, 5.74) is 5.52. The standard InChI is InChI=1S/C24H34N4O6/c1-4-8-21(30)26-18(13-15(2)3)22(31)28-19(14-16-9-6-5-7-10-16)23(32)27-17(24(33)34)11-12-20(25)29/h5-7,9-11,15,18-21,26,29-30H,12-14,25H2,1-3H3,(H,27,32)(H,28,31)(H,33,34)/b17-11+/t18-,19-,20?,21?/m0/s1. The number of amides is 2. The molecule has 2 unspecified atom stereocenters. The molecular formula is C24H34N4O6. The van der Waals surface area contributed by atoms with Crippen molar-refractivity contribution < 1.29 is 29.7 Å². The minimum Gasteiger partial charge on any atom is -0.477 e. The van der Waals surface area contributed by atoms with Gasteiger partial charge in [0.25, 0.3) is 0 Å². The van der Waals surface area contributed by atoms with Gasteiger partial charge in [-0.3, -0.25) is 14.9 Å². The number of hydrogen-bond donors (Lipinski definition) is 7. The highest BCUT2D eigenvalue weighted by molar-refractivity contribution is 5.96. The predicted molar refractivity (Wildman–Crippen MR) is 127 cm³/mol. The maximum absolute atomic E-state index is 13.1. The Morgan fingerprint density at radius 2 is 1.74 bits per heavy atom. The number of aliphatic carboxylic acids is 1. The number of hydrogen-bond acceptors (Lipinski definition) is 7. The molecule has 34 heavy (non-hydrogen) atoms. The van der Waals surface area contributed by atoms with Gasteiger partial charge in [0.2, 0.25) is 11.8 Å². The van der Waals surface area contributed by atoms with Crippen molar-refractivity contribution in [2.75, 3.05) is 0 Å². The summed E-state index contributed by atoms with van der Waals surface area (Å²) in [6, 6.07) is 6.94. The van der Waals surface area contributed by atoms with Crippen LogP contribution in [0.5, 0.6) is 0 Å². The third-order valence-corrected chi connectivity index (χ3v) is 4.63. The van der Waals surface area contributed by atoms with Gasteiger partial charge in [-0.2, -0.15) is 0 Å². The van der Waals surface area contributed by atoms with Crippen LogP contribution >= 0.6 is 0 Å². The molecule has 0 heterocycles. The number of aliphatic hydroxyl groups is 2. The number of carboxylic acid groups (broad SMARTS) is 1. The van der Waals surface area contributed by atoms with Crippen LogP contribution in [-0.4, -0.2) is 57.6 Å². The molecule has 0 aliphatic rings. The zero-order valence-electron chi connectivity index (χ0n) is 19.6. The van der Waals surface area contributed by atoms with Crippen LogP contribution in [0.2, 0.25) is 0 Å². The monoisotopic (exact) mass is 474 g/mol. The molecule has 1 aromatic rings. The van der Waals surface area contributed by atoms with Crippen molar-refractivity contribution in [3.05, 3.63) is 47.7 Å². The predicted octanol–water partition coefficient (Wildman–Crippen LogP) is -0.188. The van der Waals surface area contributed by atoms with E-state index in [-0.39, 0.29) is 18.8 Å². The molecule has 8 N–H and O–H groups in total. The van der Waals surface area contributed by atoms with E-state index in [1.165, 1.54) is 0 Å². The van der Waals surface area contributed by atoms with Gasteiger partial charge in [0.1, 0.15) is 18.0 Å². The van der Waals surface area contributed by atoms with E-state index in [4.69, 9.17) is 5.73 Å². The van der Waals surface area contributed by atoms with Crippen molar-refractivity contribution in [2.24, 2.45) is 11.7 Å². The zero-order valence-corrected chi connectivity index (χ0v) is 19.6. The van der Waals surface area contributed by atoms with E-state index in [0.29, 0.717) is 6.42 Å². The smallest absolute Gasteiger partial charge is 0.352 e. The third kappa shape index (κ3) is 11.1. The average molecular weight is 475 g/mol. The third-order valence-electron chi connectivity index (χ3n) is 4.63. The second kappa shape index (κ2) is 14.8. The molecule has 0 aliphatic heterocycles. The molecule has 0 fully saturated rings. The summed E-state index contributed by atoms with van der Waals surface area (Å²) in [7, 11) is 0. The Balaban J connectivity index is 3.14. The molecule has 0 saturated carbocycles. The summed E-state index contributed by atoms with van der Waals surface area (Å²) < 4.78 is 0. The van der Waals surface area contributed by atoms with E-state index < -0.39 is 48.0 Å². The molecule has 0 saturated heterocycles. The van der Waals surface area contributed by atoms with Gasteiger partial charge in [0, 0.05) is 12.8 Å². The van der Waals surface area contributed by atoms with Crippen molar-refractivity contribution in [1.82, 2.24) is 16.0 Å². The Morgan fingerprint density at radius 1 is 1.09 bits per heavy atom. The van der Waals surface area contributed by atoms with E-state index in [1.807, 2.05) is 13.8 Å². The summed E-state index contributed by atoms with van der Waals surface area (Å²) in [4.78, 5) is 37.6. The van der Waals surface area contributed by atoms with Gasteiger partial charge in [0.15, 0.2) is 6.23 Å². The number of carbonyl (C=O) groups is 3. The van der Waals surface area contributed by atoms with Crippen LogP contribution in [0.3, 0.4) is 0 Å². The van der Waals surface area contributed by atoms with Crippen molar-refractivity contribution in [3.63, 3.8) is 0 Å². The lowest BCUT2D eigenvalue weighted by Crippen LogP contribution is -2.55. The van der Waals surface area contributed by atoms with Gasteiger partial charge in [-0.05, 0) is 30.9 Å². The Hall–Kier alpha value is -3.23. The number of benzene rings is 1. The number of nitrogens with one attached hydrogen (secondary N) is 3. The lowest BCUT2D eigenvalue weighted by Gasteiger charge is -2.25. The molecule has 10 nitrogen and oxygen atoms in total. The fourth-order valence-electron chi connectivity index (χ4n) is 3.07. The van der Waals surface area contributed by atoms with Gasteiger partial charge in [-0.1, -0.05) is 50.1 Å². The Kier molecular flexibility index (Phi) is 12.6. The van der Waals surface area contributed by atoms with Crippen molar-refractivity contribution in [1.29, 1.82) is 0 Å². The molecule has 0 aliphatic carbocycles. The first-order chi connectivity index (χ1) is 16.0. The van der Waals surface area contributed by atoms with Crippen molar-refractivity contribution in [2.45, 2.75) is 64.6 Å². The first-order valence-corrected chi connectivity index (χ1v) is 10.9. The van der Waals surface area contributed by atoms with Crippen LogP contribution < -0.4 is 21.7 Å². The van der Waals surface area contributed by atoms with Gasteiger partial charge in [-0.25, -0.2) is 4.79 Å². The molecule has 10 heteroatoms. The zero-order chi connectivity index (χ0) is 25.7. The molecule has 186 valence electrons. The average Bonchev–Trinajstić information content (AvgIpc) is 2.75. The topological polar surface area (TPSA) is 174 Å². The van der Waals surface area contributed by atoms with E-state index in [2.05, 4.69) is 27.8 Å². The van der Waals surface area contributed by atoms with Crippen molar-refractivity contribution >= 4 is 17.8 Å². The quantitative estimate of drug-likeness (QED) is 0.117. The van der Waals surface area contributed by atoms with E-state index in [1.54, 1.807) is 37.3 Å². The number of nitrogens with two attached hydrogens (primary N) is 1. The van der Waals surface area contributed by atoms with E-state index >= 15 is 0 Å². The second-order valence-electron chi connectivity index (χ2n) is 8.11. The van der Waals surface area contributed by atoms with Crippen LogP contribution in [0.1, 0.15) is 39.2 Å². The maximum atomic E-state index is 13.1. The fourth-order valence-corrected chi connectivity index (χ4v) is 3.07.